The first kappa shape index (κ1) is 11.4. The number of aryl methyl sites for hydroxylation is 1. The first-order valence-electron chi connectivity index (χ1n) is 2.86. The van der Waals surface area contributed by atoms with Crippen molar-refractivity contribution in [1.29, 1.82) is 0 Å². The molecule has 0 fully saturated rings. The summed E-state index contributed by atoms with van der Waals surface area (Å²) in [5.74, 6) is 0. The molecule has 0 saturated carbocycles. The van der Waals surface area contributed by atoms with Gasteiger partial charge < -0.3 is 4.55 Å². The summed E-state index contributed by atoms with van der Waals surface area (Å²) in [5, 5.41) is 0. The molecule has 54 valence electrons. The molecule has 11 heavy (non-hydrogen) atoms. The van der Waals surface area contributed by atoms with E-state index in [1.165, 1.54) is 0 Å². The van der Waals surface area contributed by atoms with Crippen LogP contribution in [0.5, 0.6) is 0 Å². The molecule has 2 nitrogen and oxygen atoms in total. The SMILES string of the molecule is Cc1ccc(S(=O)[O-])cc1.[Y+3]. The van der Waals surface area contributed by atoms with E-state index in [0.717, 1.165) is 5.56 Å². The predicted molar refractivity (Wildman–Crippen MR) is 38.4 cm³/mol. The Hall–Kier alpha value is 0.434. The van der Waals surface area contributed by atoms with Gasteiger partial charge in [-0.1, -0.05) is 17.7 Å². The molecule has 0 aromatic heterocycles. The Labute approximate surface area is 93.6 Å². The summed E-state index contributed by atoms with van der Waals surface area (Å²) in [5.41, 5.74) is 1.06. The average Bonchev–Trinajstić information content (AvgIpc) is 1.88. The number of rotatable bonds is 1. The van der Waals surface area contributed by atoms with Crippen LogP contribution in [0.3, 0.4) is 0 Å². The van der Waals surface area contributed by atoms with Gasteiger partial charge in [-0.3, -0.25) is 4.21 Å². The van der Waals surface area contributed by atoms with Gasteiger partial charge >= 0.3 is 32.7 Å². The molecule has 0 N–H and O–H groups in total. The number of benzene rings is 1. The van der Waals surface area contributed by atoms with E-state index < -0.39 is 11.1 Å². The fourth-order valence-corrected chi connectivity index (χ4v) is 1.01. The van der Waals surface area contributed by atoms with Crippen LogP contribution in [-0.4, -0.2) is 8.76 Å². The molecule has 0 aliphatic heterocycles. The van der Waals surface area contributed by atoms with Crippen molar-refractivity contribution < 1.29 is 41.5 Å². The first-order chi connectivity index (χ1) is 4.70. The molecule has 4 heteroatoms. The topological polar surface area (TPSA) is 40.1 Å². The maximum atomic E-state index is 10.3. The molecular formula is C7H7O2SY+2. The molecule has 0 aliphatic carbocycles. The summed E-state index contributed by atoms with van der Waals surface area (Å²) in [6.07, 6.45) is 0. The van der Waals surface area contributed by atoms with Crippen LogP contribution >= 0.6 is 0 Å². The monoisotopic (exact) mass is 244 g/mol. The standard InChI is InChI=1S/C7H8O2S.Y/c1-6-2-4-7(5-3-6)10(8)9;/h2-5H,1H3,(H,8,9);/q;+3/p-1. The molecule has 0 spiro atoms. The minimum Gasteiger partial charge on any atom is -0.768 e. The van der Waals surface area contributed by atoms with Crippen molar-refractivity contribution >= 4 is 11.1 Å². The van der Waals surface area contributed by atoms with E-state index in [2.05, 4.69) is 0 Å². The fourth-order valence-electron chi connectivity index (χ4n) is 0.649. The largest absolute Gasteiger partial charge is 3.00 e. The predicted octanol–water partition coefficient (Wildman–Crippen LogP) is 1.23. The first-order valence-corrected chi connectivity index (χ1v) is 3.93. The maximum Gasteiger partial charge on any atom is 3.00 e. The van der Waals surface area contributed by atoms with Gasteiger partial charge in [-0.15, -0.1) is 0 Å². The van der Waals surface area contributed by atoms with Crippen molar-refractivity contribution in [1.82, 2.24) is 0 Å². The Morgan fingerprint density at radius 2 is 1.73 bits per heavy atom. The molecule has 0 radical (unpaired) electrons. The number of hydrogen-bond acceptors (Lipinski definition) is 2. The third-order valence-electron chi connectivity index (χ3n) is 1.21. The Morgan fingerprint density at radius 1 is 1.27 bits per heavy atom. The van der Waals surface area contributed by atoms with Gasteiger partial charge in [0.25, 0.3) is 0 Å². The fraction of sp³-hybridized carbons (Fsp3) is 0.143. The maximum absolute atomic E-state index is 10.3. The van der Waals surface area contributed by atoms with Gasteiger partial charge in [-0.2, -0.15) is 0 Å². The van der Waals surface area contributed by atoms with E-state index >= 15 is 0 Å². The van der Waals surface area contributed by atoms with Gasteiger partial charge in [-0.25, -0.2) is 0 Å². The molecule has 0 heterocycles. The molecule has 0 amide bonds. The van der Waals surface area contributed by atoms with Crippen molar-refractivity contribution in [2.45, 2.75) is 11.8 Å². The van der Waals surface area contributed by atoms with E-state index in [0.29, 0.717) is 4.90 Å². The number of hydrogen-bond donors (Lipinski definition) is 0. The molecular weight excluding hydrogens is 237 g/mol. The van der Waals surface area contributed by atoms with E-state index in [9.17, 15) is 8.76 Å². The van der Waals surface area contributed by atoms with Crippen molar-refractivity contribution in [2.75, 3.05) is 0 Å². The van der Waals surface area contributed by atoms with E-state index in [-0.39, 0.29) is 32.7 Å². The van der Waals surface area contributed by atoms with Crippen molar-refractivity contribution in [3.05, 3.63) is 29.8 Å². The van der Waals surface area contributed by atoms with Gasteiger partial charge in [0.1, 0.15) is 0 Å². The van der Waals surface area contributed by atoms with Crippen LogP contribution < -0.4 is 0 Å². The summed E-state index contributed by atoms with van der Waals surface area (Å²) in [4.78, 5) is 0.339. The van der Waals surface area contributed by atoms with Crippen LogP contribution in [0.15, 0.2) is 29.2 Å². The second-order valence-corrected chi connectivity index (χ2v) is 2.99. The van der Waals surface area contributed by atoms with Crippen LogP contribution in [-0.2, 0) is 43.8 Å². The second kappa shape index (κ2) is 5.15. The summed E-state index contributed by atoms with van der Waals surface area (Å²) >= 11 is -2.09. The molecule has 0 bridgehead atoms. The molecule has 1 atom stereocenters. The summed E-state index contributed by atoms with van der Waals surface area (Å²) in [6, 6.07) is 6.70. The Kier molecular flexibility index (Phi) is 5.35. The zero-order chi connectivity index (χ0) is 7.56. The van der Waals surface area contributed by atoms with Crippen LogP contribution in [0.25, 0.3) is 0 Å². The Morgan fingerprint density at radius 3 is 2.09 bits per heavy atom. The van der Waals surface area contributed by atoms with Gasteiger partial charge in [0.05, 0.1) is 0 Å². The second-order valence-electron chi connectivity index (χ2n) is 2.05. The third kappa shape index (κ3) is 3.56. The van der Waals surface area contributed by atoms with E-state index in [4.69, 9.17) is 0 Å². The normalized spacial score (nSPS) is 11.8. The molecule has 0 aliphatic rings. The van der Waals surface area contributed by atoms with E-state index in [1.807, 2.05) is 6.92 Å². The molecule has 1 unspecified atom stereocenters. The minimum atomic E-state index is -2.09. The van der Waals surface area contributed by atoms with Gasteiger partial charge in [0, 0.05) is 4.90 Å². The zero-order valence-electron chi connectivity index (χ0n) is 6.11. The van der Waals surface area contributed by atoms with E-state index in [1.54, 1.807) is 24.3 Å². The quantitative estimate of drug-likeness (QED) is 0.697. The summed E-state index contributed by atoms with van der Waals surface area (Å²) in [6.45, 7) is 1.91. The van der Waals surface area contributed by atoms with Gasteiger partial charge in [0.2, 0.25) is 0 Å². The summed E-state index contributed by atoms with van der Waals surface area (Å²) < 4.78 is 20.6. The van der Waals surface area contributed by atoms with Gasteiger partial charge in [0.15, 0.2) is 0 Å². The van der Waals surface area contributed by atoms with Crippen molar-refractivity contribution in [2.24, 2.45) is 0 Å². The minimum absolute atomic E-state index is 0. The molecule has 0 saturated heterocycles. The summed E-state index contributed by atoms with van der Waals surface area (Å²) in [7, 11) is 0. The van der Waals surface area contributed by atoms with Crippen LogP contribution in [0, 0.1) is 6.92 Å². The molecule has 1 aromatic carbocycles. The Bertz CT molecular complexity index is 245. The zero-order valence-corrected chi connectivity index (χ0v) is 9.77. The Balaban J connectivity index is 0.000001000. The smallest absolute Gasteiger partial charge is 0.768 e. The molecule has 1 rings (SSSR count). The third-order valence-corrected chi connectivity index (χ3v) is 1.87. The average molecular weight is 244 g/mol. The van der Waals surface area contributed by atoms with Gasteiger partial charge in [-0.05, 0) is 30.1 Å². The van der Waals surface area contributed by atoms with Crippen LogP contribution in [0.1, 0.15) is 5.56 Å². The van der Waals surface area contributed by atoms with Crippen LogP contribution in [0.2, 0.25) is 0 Å². The van der Waals surface area contributed by atoms with Crippen LogP contribution in [0.4, 0.5) is 0 Å². The molecule has 1 aromatic rings. The van der Waals surface area contributed by atoms with Crippen molar-refractivity contribution in [3.8, 4) is 0 Å². The van der Waals surface area contributed by atoms with Crippen molar-refractivity contribution in [3.63, 3.8) is 0 Å².